The molecule has 11 aromatic carbocycles. The van der Waals surface area contributed by atoms with E-state index >= 15 is 0 Å². The average molecular weight is 1350 g/mol. The van der Waals surface area contributed by atoms with E-state index in [-0.39, 0.29) is 32.3 Å². The van der Waals surface area contributed by atoms with Crippen LogP contribution in [0.4, 0.5) is 0 Å². The predicted octanol–water partition coefficient (Wildman–Crippen LogP) is 19.5. The average Bonchev–Trinajstić information content (AvgIpc) is 1.56. The van der Waals surface area contributed by atoms with E-state index in [2.05, 4.69) is 214 Å². The molecule has 16 rings (SSSR count). The van der Waals surface area contributed by atoms with Gasteiger partial charge in [-0.05, 0) is 99.9 Å². The first kappa shape index (κ1) is 59.3. The Kier molecular flexibility index (Phi) is 18.2. The molecule has 0 saturated heterocycles. The minimum atomic E-state index is -0.375. The number of thiophene rings is 1. The normalized spacial score (nSPS) is 11.7. The third-order valence-corrected chi connectivity index (χ3v) is 16.7. The van der Waals surface area contributed by atoms with Crippen LogP contribution in [0, 0.1) is 6.07 Å². The smallest absolute Gasteiger partial charge is 0.106 e. The Morgan fingerprint density at radius 2 is 0.865 bits per heavy atom. The van der Waals surface area contributed by atoms with Crippen molar-refractivity contribution >= 4 is 85.9 Å². The summed E-state index contributed by atoms with van der Waals surface area (Å²) < 4.78 is 2.64. The van der Waals surface area contributed by atoms with Crippen molar-refractivity contribution in [2.75, 3.05) is 0 Å². The Balaban J connectivity index is 0.000000129. The molecule has 2 atom stereocenters. The fraction of sp³-hybridized carbons (Fsp3) is 0.0633. The van der Waals surface area contributed by atoms with Crippen LogP contribution in [0.5, 0.6) is 0 Å². The molecule has 1 radical (unpaired) electrons. The van der Waals surface area contributed by atoms with Crippen molar-refractivity contribution in [2.45, 2.75) is 32.5 Å². The maximum absolute atomic E-state index is 8.56. The maximum Gasteiger partial charge on any atom is 0.106 e. The summed E-state index contributed by atoms with van der Waals surface area (Å²) >= 11 is 1.86. The van der Waals surface area contributed by atoms with Crippen molar-refractivity contribution in [1.29, 1.82) is 0 Å². The van der Waals surface area contributed by atoms with Gasteiger partial charge < -0.3 is 10.2 Å². The molecule has 2 unspecified atom stereocenters. The van der Waals surface area contributed by atoms with Crippen molar-refractivity contribution in [3.8, 4) is 67.2 Å². The maximum atomic E-state index is 8.56. The van der Waals surface area contributed by atoms with Gasteiger partial charge in [0.15, 0.2) is 0 Å². The molecule has 0 fully saturated rings. The van der Waals surface area contributed by atoms with Gasteiger partial charge in [0.2, 0.25) is 0 Å². The van der Waals surface area contributed by atoms with Crippen molar-refractivity contribution in [3.63, 3.8) is 0 Å². The summed E-state index contributed by atoms with van der Waals surface area (Å²) in [6, 6.07) is 93.4. The third-order valence-electron chi connectivity index (χ3n) is 15.5. The van der Waals surface area contributed by atoms with E-state index in [1.54, 1.807) is 20.2 Å². The predicted molar refractivity (Wildman–Crippen MR) is 366 cm³/mol. The first-order chi connectivity index (χ1) is 43.3. The SMILES string of the molecule is CC(O)CC(C)O.[Ir].[c-]1ccccc1-c1cc(-c2ccccc2)ncn1.c1cc(-c2cnc3c4ccccc4c4ccccc4c3n2)cc(-c2cccc3c2sc2ccccc23)c1.c1ccc(-c2ccnc3c2ccc2c(-c4ccccc4)ccnc23)cc1. The molecular formula is C79H59IrN6O2S-. The molecule has 5 aromatic heterocycles. The van der Waals surface area contributed by atoms with E-state index < -0.39 is 0 Å². The number of aliphatic hydroxyl groups excluding tert-OH is 2. The molecule has 89 heavy (non-hydrogen) atoms. The standard InChI is InChI=1S/C34H20N2S.C24H16N2.C16H11N2.C5H12O2.Ir/c1-3-14-27-24(11-1)25-12-2-4-15-28(25)33-32(27)35-20-30(36-33)22-10-7-9-21(19-22)23-16-8-17-29-26-13-5-6-18-31(26)37-34(23)29;1-3-7-17(8-4-1)19-13-15-25-23-21(19)11-12-22-20(14-16-26-24(22)23)18-9-5-2-6-10-18;1-3-7-13(8-4-1)15-11-16(18-12-17-15)14-9-5-2-6-10-14;1-4(6)3-5(2)7;/h1-20H;1-16H;1-9,11-12H;4-7H,3H2,1-2H3;/q;;-1;;. The number of hydrogen-bond donors (Lipinski definition) is 2. The van der Waals surface area contributed by atoms with Crippen LogP contribution < -0.4 is 0 Å². The second-order valence-corrected chi connectivity index (χ2v) is 22.6. The van der Waals surface area contributed by atoms with Gasteiger partial charge in [-0.15, -0.1) is 47.2 Å². The van der Waals surface area contributed by atoms with Gasteiger partial charge in [-0.25, -0.2) is 9.97 Å². The fourth-order valence-corrected chi connectivity index (χ4v) is 12.7. The number of fused-ring (bicyclic) bond motifs is 12. The molecule has 0 aliphatic carbocycles. The number of aromatic nitrogens is 6. The van der Waals surface area contributed by atoms with Gasteiger partial charge in [-0.2, -0.15) is 0 Å². The zero-order valence-corrected chi connectivity index (χ0v) is 52.0. The zero-order chi connectivity index (χ0) is 59.8. The topological polar surface area (TPSA) is 118 Å². The number of benzene rings is 11. The summed E-state index contributed by atoms with van der Waals surface area (Å²) in [5.74, 6) is 0. The van der Waals surface area contributed by atoms with Crippen LogP contribution >= 0.6 is 11.3 Å². The van der Waals surface area contributed by atoms with Crippen LogP contribution in [-0.4, -0.2) is 52.3 Å². The van der Waals surface area contributed by atoms with E-state index in [1.165, 1.54) is 64.3 Å². The summed E-state index contributed by atoms with van der Waals surface area (Å²) in [6.07, 6.45) is 6.99. The first-order valence-corrected chi connectivity index (χ1v) is 30.2. The third kappa shape index (κ3) is 12.9. The number of hydrogen-bond acceptors (Lipinski definition) is 9. The van der Waals surface area contributed by atoms with Gasteiger partial charge >= 0.3 is 0 Å². The molecule has 0 saturated carbocycles. The minimum absolute atomic E-state index is 0. The molecule has 5 heterocycles. The zero-order valence-electron chi connectivity index (χ0n) is 48.8. The molecule has 0 bridgehead atoms. The van der Waals surface area contributed by atoms with Crippen molar-refractivity contribution in [2.24, 2.45) is 0 Å². The summed E-state index contributed by atoms with van der Waals surface area (Å²) in [5, 5.41) is 26.7. The molecule has 8 nitrogen and oxygen atoms in total. The van der Waals surface area contributed by atoms with Crippen LogP contribution in [0.3, 0.4) is 0 Å². The van der Waals surface area contributed by atoms with E-state index in [0.29, 0.717) is 6.42 Å². The van der Waals surface area contributed by atoms with Gasteiger partial charge in [-0.3, -0.25) is 19.9 Å². The van der Waals surface area contributed by atoms with Crippen molar-refractivity contribution < 1.29 is 30.3 Å². The van der Waals surface area contributed by atoms with Gasteiger partial charge in [-0.1, -0.05) is 212 Å². The molecule has 0 aliphatic heterocycles. The molecule has 0 amide bonds. The van der Waals surface area contributed by atoms with E-state index in [4.69, 9.17) is 20.2 Å². The molecule has 433 valence electrons. The van der Waals surface area contributed by atoms with Crippen LogP contribution in [0.1, 0.15) is 20.3 Å². The second-order valence-electron chi connectivity index (χ2n) is 21.6. The molecular weight excluding hydrogens is 1290 g/mol. The number of pyridine rings is 2. The minimum Gasteiger partial charge on any atom is -0.393 e. The first-order valence-electron chi connectivity index (χ1n) is 29.4. The summed E-state index contributed by atoms with van der Waals surface area (Å²) in [5.41, 5.74) is 16.9. The molecule has 16 aromatic rings. The van der Waals surface area contributed by atoms with Crippen molar-refractivity contribution in [1.82, 2.24) is 29.9 Å². The summed E-state index contributed by atoms with van der Waals surface area (Å²) in [7, 11) is 0. The van der Waals surface area contributed by atoms with Gasteiger partial charge in [0, 0.05) is 79.8 Å². The van der Waals surface area contributed by atoms with E-state index in [9.17, 15) is 0 Å². The van der Waals surface area contributed by atoms with Gasteiger partial charge in [0.1, 0.15) is 6.33 Å². The van der Waals surface area contributed by atoms with E-state index in [1.807, 2.05) is 103 Å². The van der Waals surface area contributed by atoms with Gasteiger partial charge in [0.05, 0.1) is 51.9 Å². The Morgan fingerprint density at radius 3 is 1.46 bits per heavy atom. The van der Waals surface area contributed by atoms with E-state index in [0.717, 1.165) is 77.4 Å². The fourth-order valence-electron chi connectivity index (χ4n) is 11.5. The monoisotopic (exact) mass is 1350 g/mol. The number of aliphatic hydroxyl groups is 2. The Morgan fingerprint density at radius 1 is 0.371 bits per heavy atom. The van der Waals surface area contributed by atoms with Gasteiger partial charge in [0.25, 0.3) is 0 Å². The van der Waals surface area contributed by atoms with Crippen LogP contribution in [0.15, 0.2) is 286 Å². The van der Waals surface area contributed by atoms with Crippen LogP contribution in [0.2, 0.25) is 0 Å². The Labute approximate surface area is 534 Å². The molecule has 2 N–H and O–H groups in total. The number of rotatable bonds is 8. The molecule has 0 aliphatic rings. The molecule has 10 heteroatoms. The largest absolute Gasteiger partial charge is 0.393 e. The number of nitrogens with zero attached hydrogens (tertiary/aromatic N) is 6. The molecule has 0 spiro atoms. The summed E-state index contributed by atoms with van der Waals surface area (Å²) in [4.78, 5) is 28.1. The van der Waals surface area contributed by atoms with Crippen LogP contribution in [0.25, 0.3) is 142 Å². The summed E-state index contributed by atoms with van der Waals surface area (Å²) in [6.45, 7) is 3.32. The Hall–Kier alpha value is -10.0. The Bertz CT molecular complexity index is 4890. The second kappa shape index (κ2) is 27.3. The van der Waals surface area contributed by atoms with Crippen LogP contribution in [-0.2, 0) is 20.1 Å². The van der Waals surface area contributed by atoms with Crippen molar-refractivity contribution in [3.05, 3.63) is 292 Å². The quantitative estimate of drug-likeness (QED) is 0.114.